The molecule has 0 aromatic carbocycles. The summed E-state index contributed by atoms with van der Waals surface area (Å²) < 4.78 is 56.2. The number of aromatic amines is 1. The van der Waals surface area contributed by atoms with E-state index in [0.29, 0.717) is 17.3 Å². The Bertz CT molecular complexity index is 953. The average molecular weight is 489 g/mol. The van der Waals surface area contributed by atoms with E-state index in [4.69, 9.17) is 20.6 Å². The standard InChI is InChI=1S/C22H30F3N3O6/c1-3-5-6-7-8-9-10-26-21(31)33-14-17-16(32-11-4-2)12-18(34-17)28-13-15(22(23,24)25)19(29)27-20(28)30/h2,13,16-18H,3,5-12,14H2,1H3,(H,26,31)(H,27,29,30)/t16-,17+,18+/m0/s1. The van der Waals surface area contributed by atoms with Crippen LogP contribution in [0.1, 0.15) is 63.7 Å². The summed E-state index contributed by atoms with van der Waals surface area (Å²) >= 11 is 0. The summed E-state index contributed by atoms with van der Waals surface area (Å²) in [5.74, 6) is 2.27. The van der Waals surface area contributed by atoms with Crippen molar-refractivity contribution in [2.24, 2.45) is 0 Å². The third-order valence-corrected chi connectivity index (χ3v) is 5.32. The van der Waals surface area contributed by atoms with Crippen LogP contribution in [-0.2, 0) is 20.4 Å². The van der Waals surface area contributed by atoms with Crippen LogP contribution < -0.4 is 16.6 Å². The fourth-order valence-corrected chi connectivity index (χ4v) is 3.56. The highest BCUT2D eigenvalue weighted by molar-refractivity contribution is 5.67. The van der Waals surface area contributed by atoms with Crippen molar-refractivity contribution >= 4 is 6.09 Å². The highest BCUT2D eigenvalue weighted by Crippen LogP contribution is 2.32. The first-order chi connectivity index (χ1) is 16.2. The number of alkyl halides is 3. The number of nitrogens with one attached hydrogen (secondary N) is 2. The highest BCUT2D eigenvalue weighted by atomic mass is 19.4. The molecule has 0 saturated carbocycles. The lowest BCUT2D eigenvalue weighted by Crippen LogP contribution is -2.36. The molecule has 0 spiro atoms. The zero-order chi connectivity index (χ0) is 25.1. The van der Waals surface area contributed by atoms with E-state index >= 15 is 0 Å². The number of amides is 1. The molecule has 1 saturated heterocycles. The minimum Gasteiger partial charge on any atom is -0.447 e. The van der Waals surface area contributed by atoms with E-state index in [1.807, 2.05) is 0 Å². The van der Waals surface area contributed by atoms with E-state index in [-0.39, 0.29) is 19.6 Å². The zero-order valence-corrected chi connectivity index (χ0v) is 19.0. The van der Waals surface area contributed by atoms with Crippen molar-refractivity contribution in [2.45, 2.75) is 76.5 Å². The van der Waals surface area contributed by atoms with Crippen molar-refractivity contribution in [2.75, 3.05) is 19.8 Å². The van der Waals surface area contributed by atoms with Gasteiger partial charge < -0.3 is 19.5 Å². The monoisotopic (exact) mass is 489 g/mol. The second-order valence-corrected chi connectivity index (χ2v) is 7.92. The van der Waals surface area contributed by atoms with Crippen LogP contribution >= 0.6 is 0 Å². The van der Waals surface area contributed by atoms with Gasteiger partial charge in [-0.05, 0) is 6.42 Å². The number of carbonyl (C=O) groups is 1. The van der Waals surface area contributed by atoms with Crippen LogP contribution in [0.4, 0.5) is 18.0 Å². The Labute approximate surface area is 195 Å². The molecule has 2 rings (SSSR count). The van der Waals surface area contributed by atoms with Crippen molar-refractivity contribution in [3.8, 4) is 12.3 Å². The van der Waals surface area contributed by atoms with Gasteiger partial charge in [0.15, 0.2) is 0 Å². The van der Waals surface area contributed by atoms with Gasteiger partial charge in [0.1, 0.15) is 31.1 Å². The molecule has 1 aliphatic heterocycles. The third-order valence-electron chi connectivity index (χ3n) is 5.32. The number of alkyl carbamates (subject to hydrolysis) is 1. The Morgan fingerprint density at radius 3 is 2.68 bits per heavy atom. The molecule has 1 aromatic rings. The minimum absolute atomic E-state index is 0.0433. The maximum atomic E-state index is 13.1. The van der Waals surface area contributed by atoms with Gasteiger partial charge in [0.25, 0.3) is 5.56 Å². The second kappa shape index (κ2) is 13.2. The molecule has 34 heavy (non-hydrogen) atoms. The molecule has 190 valence electrons. The van der Waals surface area contributed by atoms with Gasteiger partial charge in [0, 0.05) is 19.2 Å². The number of halogens is 3. The third kappa shape index (κ3) is 8.22. The van der Waals surface area contributed by atoms with Gasteiger partial charge in [0.05, 0.1) is 6.10 Å². The SMILES string of the molecule is C#CCO[C@H]1C[C@H](n2cc(C(F)(F)F)c(=O)[nH]c2=O)O[C@@H]1COC(=O)NCCCCCCCC. The van der Waals surface area contributed by atoms with Gasteiger partial charge in [-0.2, -0.15) is 13.2 Å². The molecule has 0 radical (unpaired) electrons. The Morgan fingerprint density at radius 1 is 1.29 bits per heavy atom. The van der Waals surface area contributed by atoms with Crippen LogP contribution in [0.2, 0.25) is 0 Å². The van der Waals surface area contributed by atoms with Crippen molar-refractivity contribution in [1.29, 1.82) is 0 Å². The number of H-pyrrole nitrogens is 1. The summed E-state index contributed by atoms with van der Waals surface area (Å²) in [6, 6.07) is 0. The summed E-state index contributed by atoms with van der Waals surface area (Å²) in [7, 11) is 0. The van der Waals surface area contributed by atoms with E-state index in [9.17, 15) is 27.6 Å². The molecule has 12 heteroatoms. The van der Waals surface area contributed by atoms with Gasteiger partial charge in [0.2, 0.25) is 0 Å². The summed E-state index contributed by atoms with van der Waals surface area (Å²) in [5.41, 5.74) is -4.16. The normalized spacial score (nSPS) is 20.1. The van der Waals surface area contributed by atoms with Gasteiger partial charge in [-0.3, -0.25) is 14.3 Å². The van der Waals surface area contributed by atoms with Gasteiger partial charge in [-0.15, -0.1) is 6.42 Å². The first-order valence-corrected chi connectivity index (χ1v) is 11.2. The molecular formula is C22H30F3N3O6. The van der Waals surface area contributed by atoms with E-state index in [1.165, 1.54) is 6.42 Å². The number of ether oxygens (including phenoxy) is 3. The molecule has 0 aliphatic carbocycles. The summed E-state index contributed by atoms with van der Waals surface area (Å²) in [5, 5.41) is 2.63. The van der Waals surface area contributed by atoms with Crippen LogP contribution in [0.25, 0.3) is 0 Å². The van der Waals surface area contributed by atoms with E-state index in [1.54, 1.807) is 4.98 Å². The van der Waals surface area contributed by atoms with Crippen LogP contribution in [0.3, 0.4) is 0 Å². The maximum absolute atomic E-state index is 13.1. The number of terminal acetylenes is 1. The van der Waals surface area contributed by atoms with Crippen molar-refractivity contribution in [3.05, 3.63) is 32.6 Å². The molecule has 9 nitrogen and oxygen atoms in total. The lowest BCUT2D eigenvalue weighted by Gasteiger charge is -2.18. The van der Waals surface area contributed by atoms with Crippen molar-refractivity contribution in [3.63, 3.8) is 0 Å². The lowest BCUT2D eigenvalue weighted by atomic mass is 10.1. The number of hydrogen-bond donors (Lipinski definition) is 2. The van der Waals surface area contributed by atoms with Gasteiger partial charge in [-0.1, -0.05) is 44.9 Å². The number of aromatic nitrogens is 2. The first-order valence-electron chi connectivity index (χ1n) is 11.2. The van der Waals surface area contributed by atoms with E-state index in [0.717, 1.165) is 32.1 Å². The van der Waals surface area contributed by atoms with E-state index < -0.39 is 47.5 Å². The Balaban J connectivity index is 1.96. The molecule has 1 amide bonds. The number of carbonyl (C=O) groups excluding carboxylic acids is 1. The first kappa shape index (κ1) is 27.5. The molecule has 2 heterocycles. The predicted molar refractivity (Wildman–Crippen MR) is 116 cm³/mol. The Kier molecular flexibility index (Phi) is 10.7. The predicted octanol–water partition coefficient (Wildman–Crippen LogP) is 2.95. The fourth-order valence-electron chi connectivity index (χ4n) is 3.56. The average Bonchev–Trinajstić information content (AvgIpc) is 3.17. The Hall–Kier alpha value is -2.78. The van der Waals surface area contributed by atoms with Crippen LogP contribution in [0, 0.1) is 12.3 Å². The van der Waals surface area contributed by atoms with Gasteiger partial charge >= 0.3 is 18.0 Å². The number of nitrogens with zero attached hydrogens (tertiary/aromatic N) is 1. The van der Waals surface area contributed by atoms with Crippen LogP contribution in [-0.4, -0.2) is 47.6 Å². The highest BCUT2D eigenvalue weighted by Gasteiger charge is 2.40. The molecule has 1 aromatic heterocycles. The van der Waals surface area contributed by atoms with Crippen molar-refractivity contribution < 1.29 is 32.2 Å². The smallest absolute Gasteiger partial charge is 0.423 e. The number of hydrogen-bond acceptors (Lipinski definition) is 6. The largest absolute Gasteiger partial charge is 0.447 e. The van der Waals surface area contributed by atoms with Gasteiger partial charge in [-0.25, -0.2) is 9.59 Å². The zero-order valence-electron chi connectivity index (χ0n) is 19.0. The summed E-state index contributed by atoms with van der Waals surface area (Å²) in [4.78, 5) is 37.3. The number of unbranched alkanes of at least 4 members (excludes halogenated alkanes) is 5. The molecule has 1 aliphatic rings. The van der Waals surface area contributed by atoms with Crippen molar-refractivity contribution in [1.82, 2.24) is 14.9 Å². The molecule has 3 atom stereocenters. The molecule has 0 bridgehead atoms. The fraction of sp³-hybridized carbons (Fsp3) is 0.682. The van der Waals surface area contributed by atoms with Crippen LogP contribution in [0.5, 0.6) is 0 Å². The minimum atomic E-state index is -4.96. The quantitative estimate of drug-likeness (QED) is 0.345. The molecule has 0 unspecified atom stereocenters. The second-order valence-electron chi connectivity index (χ2n) is 7.92. The Morgan fingerprint density at radius 2 is 2.00 bits per heavy atom. The maximum Gasteiger partial charge on any atom is 0.423 e. The molecule has 2 N–H and O–H groups in total. The lowest BCUT2D eigenvalue weighted by molar-refractivity contribution is -0.139. The topological polar surface area (TPSA) is 112 Å². The molecular weight excluding hydrogens is 459 g/mol. The number of rotatable bonds is 12. The molecule has 1 fully saturated rings. The summed E-state index contributed by atoms with van der Waals surface area (Å²) in [6.07, 6.45) is 3.50. The summed E-state index contributed by atoms with van der Waals surface area (Å²) in [6.45, 7) is 2.20. The van der Waals surface area contributed by atoms with E-state index in [2.05, 4.69) is 18.2 Å². The van der Waals surface area contributed by atoms with Crippen LogP contribution in [0.15, 0.2) is 15.8 Å².